The first-order valence-electron chi connectivity index (χ1n) is 11.3. The van der Waals surface area contributed by atoms with E-state index in [1.165, 1.54) is 0 Å². The van der Waals surface area contributed by atoms with Crippen LogP contribution in [-0.4, -0.2) is 5.79 Å². The lowest BCUT2D eigenvalue weighted by molar-refractivity contribution is -0.556. The summed E-state index contributed by atoms with van der Waals surface area (Å²) in [5.41, 5.74) is 0.866. The van der Waals surface area contributed by atoms with Gasteiger partial charge < -0.3 is 0 Å². The monoisotopic (exact) mass is 426 g/mol. The molecule has 0 aromatic heterocycles. The topological polar surface area (TPSA) is 36.9 Å². The third-order valence-corrected chi connectivity index (χ3v) is 6.05. The second-order valence-electron chi connectivity index (χ2n) is 10.9. The lowest BCUT2D eigenvalue weighted by Gasteiger charge is -2.46. The van der Waals surface area contributed by atoms with Crippen molar-refractivity contribution in [3.05, 3.63) is 71.8 Å². The molecule has 0 amide bonds. The Morgan fingerprint density at radius 1 is 0.710 bits per heavy atom. The summed E-state index contributed by atoms with van der Waals surface area (Å²) in [4.78, 5) is 24.5. The van der Waals surface area contributed by atoms with Crippen molar-refractivity contribution in [3.8, 4) is 0 Å². The van der Waals surface area contributed by atoms with E-state index >= 15 is 0 Å². The maximum atomic E-state index is 6.18. The van der Waals surface area contributed by atoms with Gasteiger partial charge in [-0.3, -0.25) is 0 Å². The summed E-state index contributed by atoms with van der Waals surface area (Å²) in [7, 11) is 0. The van der Waals surface area contributed by atoms with E-state index in [4.69, 9.17) is 19.6 Å². The second kappa shape index (κ2) is 9.03. The van der Waals surface area contributed by atoms with Crippen molar-refractivity contribution >= 4 is 0 Å². The number of hydrogen-bond donors (Lipinski definition) is 0. The van der Waals surface area contributed by atoms with Crippen LogP contribution in [0.2, 0.25) is 0 Å². The SMILES string of the molecule is CC1CC(C)(C)CC(OOC(C)(C)c2ccccc2)(OOC(C)(C)c2ccccc2)C1. The predicted molar refractivity (Wildman–Crippen MR) is 123 cm³/mol. The smallest absolute Gasteiger partial charge is 0.223 e. The van der Waals surface area contributed by atoms with Crippen molar-refractivity contribution in [3.63, 3.8) is 0 Å². The molecular weight excluding hydrogens is 388 g/mol. The summed E-state index contributed by atoms with van der Waals surface area (Å²) in [6.07, 6.45) is 2.48. The van der Waals surface area contributed by atoms with Gasteiger partial charge in [0.15, 0.2) is 0 Å². The zero-order valence-corrected chi connectivity index (χ0v) is 20.1. The molecular formula is C27H38O4. The van der Waals surface area contributed by atoms with E-state index in [0.717, 1.165) is 17.5 Å². The molecule has 4 nitrogen and oxygen atoms in total. The third kappa shape index (κ3) is 6.17. The molecule has 0 aliphatic heterocycles. The van der Waals surface area contributed by atoms with Crippen LogP contribution in [0.3, 0.4) is 0 Å². The quantitative estimate of drug-likeness (QED) is 0.252. The third-order valence-electron chi connectivity index (χ3n) is 6.05. The van der Waals surface area contributed by atoms with Crippen LogP contribution in [0.25, 0.3) is 0 Å². The van der Waals surface area contributed by atoms with Crippen LogP contribution in [0.5, 0.6) is 0 Å². The van der Waals surface area contributed by atoms with Crippen molar-refractivity contribution in [1.82, 2.24) is 0 Å². The van der Waals surface area contributed by atoms with E-state index in [1.807, 2.05) is 88.4 Å². The number of rotatable bonds is 8. The maximum Gasteiger partial charge on any atom is 0.234 e. The Kier molecular flexibility index (Phi) is 6.97. The molecule has 3 rings (SSSR count). The van der Waals surface area contributed by atoms with E-state index in [2.05, 4.69) is 20.8 Å². The first-order valence-corrected chi connectivity index (χ1v) is 11.3. The van der Waals surface area contributed by atoms with Gasteiger partial charge in [-0.15, -0.1) is 0 Å². The van der Waals surface area contributed by atoms with E-state index in [9.17, 15) is 0 Å². The first-order chi connectivity index (χ1) is 14.4. The summed E-state index contributed by atoms with van der Waals surface area (Å²) in [5.74, 6) is -0.574. The minimum absolute atomic E-state index is 0.0398. The van der Waals surface area contributed by atoms with Crippen LogP contribution in [0.1, 0.15) is 78.9 Å². The first kappa shape index (κ1) is 23.9. The van der Waals surface area contributed by atoms with E-state index in [0.29, 0.717) is 18.8 Å². The molecule has 4 heteroatoms. The Labute approximate surface area is 187 Å². The van der Waals surface area contributed by atoms with Crippen LogP contribution in [0.4, 0.5) is 0 Å². The Hall–Kier alpha value is -1.72. The molecule has 0 heterocycles. The van der Waals surface area contributed by atoms with E-state index in [1.54, 1.807) is 0 Å². The van der Waals surface area contributed by atoms with Crippen LogP contribution < -0.4 is 0 Å². The van der Waals surface area contributed by atoms with Crippen LogP contribution in [0, 0.1) is 11.3 Å². The fraction of sp³-hybridized carbons (Fsp3) is 0.556. The standard InChI is InChI=1S/C27H38O4/c1-21-18-24(2,3)20-27(19-21,30-28-25(4,5)22-14-10-8-11-15-22)31-29-26(6,7)23-16-12-9-13-17-23/h8-17,21H,18-20H2,1-7H3. The Bertz CT molecular complexity index is 771. The molecule has 2 aromatic rings. The van der Waals surface area contributed by atoms with Crippen molar-refractivity contribution in [2.24, 2.45) is 11.3 Å². The van der Waals surface area contributed by atoms with Gasteiger partial charge in [0.25, 0.3) is 0 Å². The lowest BCUT2D eigenvalue weighted by atomic mass is 9.70. The molecule has 1 unspecified atom stereocenters. The van der Waals surface area contributed by atoms with Crippen LogP contribution >= 0.6 is 0 Å². The van der Waals surface area contributed by atoms with Gasteiger partial charge in [-0.25, -0.2) is 9.78 Å². The molecule has 0 radical (unpaired) electrons. The van der Waals surface area contributed by atoms with Crippen LogP contribution in [-0.2, 0) is 30.8 Å². The molecule has 0 spiro atoms. The molecule has 0 saturated heterocycles. The molecule has 170 valence electrons. The lowest BCUT2D eigenvalue weighted by Crippen LogP contribution is -2.48. The normalized spacial score (nSPS) is 21.1. The Morgan fingerprint density at radius 2 is 1.13 bits per heavy atom. The van der Waals surface area contributed by atoms with E-state index < -0.39 is 17.0 Å². The molecule has 2 aromatic carbocycles. The van der Waals surface area contributed by atoms with Crippen molar-refractivity contribution in [1.29, 1.82) is 0 Å². The summed E-state index contributed by atoms with van der Waals surface area (Å²) in [5, 5.41) is 0. The van der Waals surface area contributed by atoms with Gasteiger partial charge in [-0.1, -0.05) is 81.4 Å². The highest BCUT2D eigenvalue weighted by Gasteiger charge is 2.49. The predicted octanol–water partition coefficient (Wildman–Crippen LogP) is 7.30. The highest BCUT2D eigenvalue weighted by atomic mass is 17.3. The molecule has 1 aliphatic rings. The minimum Gasteiger partial charge on any atom is -0.223 e. The zero-order chi connectivity index (χ0) is 22.8. The average molecular weight is 427 g/mol. The summed E-state index contributed by atoms with van der Waals surface area (Å²) in [6.45, 7) is 14.7. The highest BCUT2D eigenvalue weighted by Crippen LogP contribution is 2.48. The van der Waals surface area contributed by atoms with Gasteiger partial charge in [0, 0.05) is 12.8 Å². The van der Waals surface area contributed by atoms with E-state index in [-0.39, 0.29) is 5.41 Å². The van der Waals surface area contributed by atoms with Crippen molar-refractivity contribution in [2.75, 3.05) is 0 Å². The van der Waals surface area contributed by atoms with Gasteiger partial charge in [0.05, 0.1) is 0 Å². The van der Waals surface area contributed by atoms with Crippen LogP contribution in [0.15, 0.2) is 60.7 Å². The maximum absolute atomic E-state index is 6.18. The van der Waals surface area contributed by atoms with Crippen molar-refractivity contribution < 1.29 is 19.6 Å². The fourth-order valence-corrected chi connectivity index (χ4v) is 4.70. The van der Waals surface area contributed by atoms with Gasteiger partial charge >= 0.3 is 0 Å². The van der Waals surface area contributed by atoms with Gasteiger partial charge in [-0.2, -0.15) is 9.78 Å². The summed E-state index contributed by atoms with van der Waals surface area (Å²) < 4.78 is 0. The molecule has 31 heavy (non-hydrogen) atoms. The molecule has 0 N–H and O–H groups in total. The summed E-state index contributed by atoms with van der Waals surface area (Å²) in [6, 6.07) is 20.2. The average Bonchev–Trinajstić information content (AvgIpc) is 2.71. The molecule has 0 bridgehead atoms. The Morgan fingerprint density at radius 3 is 1.52 bits per heavy atom. The second-order valence-corrected chi connectivity index (χ2v) is 10.9. The fourth-order valence-electron chi connectivity index (χ4n) is 4.70. The van der Waals surface area contributed by atoms with Crippen molar-refractivity contribution in [2.45, 2.75) is 84.7 Å². The summed E-state index contributed by atoms with van der Waals surface area (Å²) >= 11 is 0. The number of hydrogen-bond acceptors (Lipinski definition) is 4. The largest absolute Gasteiger partial charge is 0.234 e. The minimum atomic E-state index is -0.987. The molecule has 1 aliphatic carbocycles. The molecule has 1 fully saturated rings. The van der Waals surface area contributed by atoms with Gasteiger partial charge in [0.2, 0.25) is 5.79 Å². The molecule has 1 saturated carbocycles. The number of benzene rings is 2. The highest BCUT2D eigenvalue weighted by molar-refractivity contribution is 5.21. The molecule has 1 atom stereocenters. The van der Waals surface area contributed by atoms with Gasteiger partial charge in [0.1, 0.15) is 11.2 Å². The van der Waals surface area contributed by atoms with Gasteiger partial charge in [-0.05, 0) is 56.6 Å². The Balaban J connectivity index is 1.80. The zero-order valence-electron chi connectivity index (χ0n) is 20.1.